The zero-order valence-electron chi connectivity index (χ0n) is 15.7. The van der Waals surface area contributed by atoms with Crippen molar-refractivity contribution in [3.05, 3.63) is 48.5 Å². The van der Waals surface area contributed by atoms with Gasteiger partial charge in [-0.25, -0.2) is 18.5 Å². The standard InChI is InChI=1S/C19H22N4O3S2/c1-3-22(14-8-6-5-7-9-14)18(24)13-27-19-21-16-12-15(28(20,25)26)10-11-17(16)23(19)4-2/h5-12H,3-4,13H2,1-2H3,(H2,20,25,26). The second kappa shape index (κ2) is 8.34. The van der Waals surface area contributed by atoms with Crippen molar-refractivity contribution in [1.82, 2.24) is 9.55 Å². The largest absolute Gasteiger partial charge is 0.319 e. The summed E-state index contributed by atoms with van der Waals surface area (Å²) < 4.78 is 25.1. The Labute approximate surface area is 168 Å². The summed E-state index contributed by atoms with van der Waals surface area (Å²) in [5.74, 6) is 0.215. The first-order valence-electron chi connectivity index (χ1n) is 8.86. The van der Waals surface area contributed by atoms with E-state index in [0.717, 1.165) is 11.2 Å². The van der Waals surface area contributed by atoms with E-state index in [1.165, 1.54) is 23.9 Å². The molecule has 3 rings (SSSR count). The van der Waals surface area contributed by atoms with Crippen molar-refractivity contribution in [2.24, 2.45) is 5.14 Å². The van der Waals surface area contributed by atoms with Gasteiger partial charge in [-0.15, -0.1) is 0 Å². The van der Waals surface area contributed by atoms with Gasteiger partial charge in [-0.05, 0) is 44.2 Å². The number of carbonyl (C=O) groups is 1. The van der Waals surface area contributed by atoms with Crippen LogP contribution >= 0.6 is 11.8 Å². The third kappa shape index (κ3) is 4.21. The van der Waals surface area contributed by atoms with Crippen molar-refractivity contribution in [2.45, 2.75) is 30.4 Å². The maximum atomic E-state index is 12.7. The highest BCUT2D eigenvalue weighted by molar-refractivity contribution is 7.99. The molecular weight excluding hydrogens is 396 g/mol. The predicted octanol–water partition coefficient (Wildman–Crippen LogP) is 2.85. The number of anilines is 1. The fourth-order valence-electron chi connectivity index (χ4n) is 3.00. The van der Waals surface area contributed by atoms with E-state index in [0.29, 0.717) is 23.8 Å². The van der Waals surface area contributed by atoms with E-state index in [1.807, 2.05) is 48.7 Å². The predicted molar refractivity (Wildman–Crippen MR) is 112 cm³/mol. The van der Waals surface area contributed by atoms with E-state index in [2.05, 4.69) is 4.98 Å². The summed E-state index contributed by atoms with van der Waals surface area (Å²) in [5, 5.41) is 5.88. The van der Waals surface area contributed by atoms with Gasteiger partial charge < -0.3 is 9.47 Å². The number of para-hydroxylation sites is 1. The molecular formula is C19H22N4O3S2. The van der Waals surface area contributed by atoms with Crippen molar-refractivity contribution in [3.8, 4) is 0 Å². The highest BCUT2D eigenvalue weighted by Gasteiger charge is 2.18. The van der Waals surface area contributed by atoms with Crippen LogP contribution in [0.25, 0.3) is 11.0 Å². The van der Waals surface area contributed by atoms with Crippen LogP contribution in [0.3, 0.4) is 0 Å². The quantitative estimate of drug-likeness (QED) is 0.595. The van der Waals surface area contributed by atoms with Gasteiger partial charge in [-0.3, -0.25) is 4.79 Å². The molecule has 0 fully saturated rings. The van der Waals surface area contributed by atoms with E-state index in [9.17, 15) is 13.2 Å². The van der Waals surface area contributed by atoms with Crippen LogP contribution in [-0.4, -0.2) is 36.2 Å². The third-order valence-corrected chi connectivity index (χ3v) is 6.21. The lowest BCUT2D eigenvalue weighted by atomic mass is 10.3. The monoisotopic (exact) mass is 418 g/mol. The Morgan fingerprint density at radius 1 is 1.18 bits per heavy atom. The number of aromatic nitrogens is 2. The molecule has 2 aromatic carbocycles. The molecule has 0 unspecified atom stereocenters. The summed E-state index contributed by atoms with van der Waals surface area (Å²) in [6.07, 6.45) is 0. The number of carbonyl (C=O) groups excluding carboxylic acids is 1. The molecule has 0 radical (unpaired) electrons. The Bertz CT molecular complexity index is 1100. The number of amides is 1. The minimum Gasteiger partial charge on any atom is -0.319 e. The molecule has 148 valence electrons. The third-order valence-electron chi connectivity index (χ3n) is 4.34. The number of nitrogens with zero attached hydrogens (tertiary/aromatic N) is 3. The first kappa shape index (κ1) is 20.4. The summed E-state index contributed by atoms with van der Waals surface area (Å²) in [7, 11) is -3.79. The van der Waals surface area contributed by atoms with Crippen LogP contribution in [0.4, 0.5) is 5.69 Å². The number of aryl methyl sites for hydroxylation is 1. The van der Waals surface area contributed by atoms with Crippen molar-refractivity contribution in [1.29, 1.82) is 0 Å². The van der Waals surface area contributed by atoms with Crippen LogP contribution in [0, 0.1) is 0 Å². The van der Waals surface area contributed by atoms with Crippen molar-refractivity contribution in [3.63, 3.8) is 0 Å². The van der Waals surface area contributed by atoms with Gasteiger partial charge in [0.1, 0.15) is 0 Å². The number of benzene rings is 2. The molecule has 0 saturated heterocycles. The molecule has 0 aliphatic carbocycles. The highest BCUT2D eigenvalue weighted by Crippen LogP contribution is 2.26. The number of primary sulfonamides is 1. The van der Waals surface area contributed by atoms with E-state index in [1.54, 1.807) is 11.0 Å². The van der Waals surface area contributed by atoms with E-state index < -0.39 is 10.0 Å². The number of thioether (sulfide) groups is 1. The van der Waals surface area contributed by atoms with Gasteiger partial charge in [-0.1, -0.05) is 30.0 Å². The zero-order valence-corrected chi connectivity index (χ0v) is 17.3. The van der Waals surface area contributed by atoms with Gasteiger partial charge in [0.2, 0.25) is 15.9 Å². The lowest BCUT2D eigenvalue weighted by molar-refractivity contribution is -0.116. The Balaban J connectivity index is 1.84. The summed E-state index contributed by atoms with van der Waals surface area (Å²) in [4.78, 5) is 19.0. The molecule has 2 N–H and O–H groups in total. The van der Waals surface area contributed by atoms with E-state index in [4.69, 9.17) is 5.14 Å². The first-order chi connectivity index (χ1) is 13.3. The van der Waals surface area contributed by atoms with Crippen LogP contribution < -0.4 is 10.0 Å². The molecule has 28 heavy (non-hydrogen) atoms. The fourth-order valence-corrected chi connectivity index (χ4v) is 4.48. The van der Waals surface area contributed by atoms with Crippen molar-refractivity contribution in [2.75, 3.05) is 17.2 Å². The van der Waals surface area contributed by atoms with Crippen LogP contribution in [0.15, 0.2) is 58.6 Å². The van der Waals surface area contributed by atoms with Gasteiger partial charge in [0.15, 0.2) is 5.16 Å². The Morgan fingerprint density at radius 2 is 1.89 bits per heavy atom. The normalized spacial score (nSPS) is 11.7. The molecule has 7 nitrogen and oxygen atoms in total. The number of hydrogen-bond donors (Lipinski definition) is 1. The Morgan fingerprint density at radius 3 is 2.50 bits per heavy atom. The minimum absolute atomic E-state index is 0.0152. The molecule has 0 bridgehead atoms. The smallest absolute Gasteiger partial charge is 0.238 e. The minimum atomic E-state index is -3.79. The second-order valence-electron chi connectivity index (χ2n) is 6.10. The molecule has 3 aromatic rings. The van der Waals surface area contributed by atoms with Crippen LogP contribution in [-0.2, 0) is 21.4 Å². The van der Waals surface area contributed by atoms with Crippen LogP contribution in [0.2, 0.25) is 0 Å². The summed E-state index contributed by atoms with van der Waals surface area (Å²) in [6, 6.07) is 14.2. The van der Waals surface area contributed by atoms with Gasteiger partial charge in [0, 0.05) is 18.8 Å². The van der Waals surface area contributed by atoms with Crippen molar-refractivity contribution >= 4 is 44.4 Å². The second-order valence-corrected chi connectivity index (χ2v) is 8.60. The summed E-state index contributed by atoms with van der Waals surface area (Å²) in [5.41, 5.74) is 2.20. The first-order valence-corrected chi connectivity index (χ1v) is 11.4. The van der Waals surface area contributed by atoms with E-state index >= 15 is 0 Å². The number of sulfonamides is 1. The lowest BCUT2D eigenvalue weighted by Crippen LogP contribution is -2.32. The fraction of sp³-hybridized carbons (Fsp3) is 0.263. The molecule has 0 spiro atoms. The lowest BCUT2D eigenvalue weighted by Gasteiger charge is -2.20. The number of hydrogen-bond acceptors (Lipinski definition) is 5. The molecule has 0 aliphatic heterocycles. The Hall–Kier alpha value is -2.36. The van der Waals surface area contributed by atoms with Gasteiger partial charge >= 0.3 is 0 Å². The number of fused-ring (bicyclic) bond motifs is 1. The number of nitrogens with two attached hydrogens (primary N) is 1. The Kier molecular flexibility index (Phi) is 6.07. The molecule has 1 heterocycles. The number of imidazole rings is 1. The topological polar surface area (TPSA) is 98.3 Å². The average molecular weight is 419 g/mol. The summed E-state index contributed by atoms with van der Waals surface area (Å²) in [6.45, 7) is 5.14. The summed E-state index contributed by atoms with van der Waals surface area (Å²) >= 11 is 1.34. The van der Waals surface area contributed by atoms with Gasteiger partial charge in [0.05, 0.1) is 21.7 Å². The zero-order chi connectivity index (χ0) is 20.3. The maximum Gasteiger partial charge on any atom is 0.238 e. The molecule has 0 atom stereocenters. The molecule has 0 saturated carbocycles. The molecule has 0 aliphatic rings. The number of rotatable bonds is 7. The van der Waals surface area contributed by atoms with E-state index in [-0.39, 0.29) is 16.6 Å². The van der Waals surface area contributed by atoms with Crippen LogP contribution in [0.5, 0.6) is 0 Å². The van der Waals surface area contributed by atoms with Crippen LogP contribution in [0.1, 0.15) is 13.8 Å². The average Bonchev–Trinajstić information content (AvgIpc) is 3.03. The van der Waals surface area contributed by atoms with Crippen molar-refractivity contribution < 1.29 is 13.2 Å². The molecule has 9 heteroatoms. The van der Waals surface area contributed by atoms with Gasteiger partial charge in [-0.2, -0.15) is 0 Å². The highest BCUT2D eigenvalue weighted by atomic mass is 32.2. The molecule has 1 aromatic heterocycles. The molecule has 1 amide bonds. The maximum absolute atomic E-state index is 12.7. The SMILES string of the molecule is CCN(C(=O)CSc1nc2cc(S(N)(=O)=O)ccc2n1CC)c1ccccc1. The van der Waals surface area contributed by atoms with Gasteiger partial charge in [0.25, 0.3) is 0 Å².